The standard InChI is InChI=1S/C8H9F3N2.ClH/c1-5(12)6-2-3-13-7(4-6)8(9,10)11;/h2-5H,12H2,1H3;1H/t5-;/m0./s1. The maximum absolute atomic E-state index is 12.1. The largest absolute Gasteiger partial charge is 0.433 e. The Kier molecular flexibility index (Phi) is 4.35. The van der Waals surface area contributed by atoms with Gasteiger partial charge in [0.05, 0.1) is 0 Å². The first-order valence-electron chi connectivity index (χ1n) is 3.70. The van der Waals surface area contributed by atoms with Crippen LogP contribution in [0.3, 0.4) is 0 Å². The van der Waals surface area contributed by atoms with Crippen molar-refractivity contribution in [2.24, 2.45) is 5.73 Å². The van der Waals surface area contributed by atoms with E-state index in [2.05, 4.69) is 4.98 Å². The molecule has 0 aliphatic carbocycles. The van der Waals surface area contributed by atoms with Crippen molar-refractivity contribution >= 4 is 12.4 Å². The molecule has 1 atom stereocenters. The Bertz CT molecular complexity index is 299. The summed E-state index contributed by atoms with van der Waals surface area (Å²) >= 11 is 0. The Hall–Kier alpha value is -0.810. The van der Waals surface area contributed by atoms with E-state index in [0.717, 1.165) is 12.3 Å². The van der Waals surface area contributed by atoms with Gasteiger partial charge in [-0.1, -0.05) is 0 Å². The van der Waals surface area contributed by atoms with Crippen molar-refractivity contribution in [2.75, 3.05) is 0 Å². The minimum absolute atomic E-state index is 0. The number of rotatable bonds is 1. The molecule has 0 bridgehead atoms. The van der Waals surface area contributed by atoms with Gasteiger partial charge in [-0.05, 0) is 24.6 Å². The SMILES string of the molecule is C[C@H](N)c1ccnc(C(F)(F)F)c1.Cl. The van der Waals surface area contributed by atoms with Crippen LogP contribution in [0.15, 0.2) is 18.3 Å². The van der Waals surface area contributed by atoms with Crippen LogP contribution in [-0.2, 0) is 6.18 Å². The first-order chi connectivity index (χ1) is 5.91. The molecule has 2 N–H and O–H groups in total. The van der Waals surface area contributed by atoms with Gasteiger partial charge in [0.2, 0.25) is 0 Å². The Morgan fingerprint density at radius 3 is 2.43 bits per heavy atom. The van der Waals surface area contributed by atoms with Gasteiger partial charge in [-0.3, -0.25) is 4.98 Å². The van der Waals surface area contributed by atoms with Gasteiger partial charge >= 0.3 is 6.18 Å². The molecule has 14 heavy (non-hydrogen) atoms. The summed E-state index contributed by atoms with van der Waals surface area (Å²) in [4.78, 5) is 3.21. The van der Waals surface area contributed by atoms with Gasteiger partial charge in [-0.15, -0.1) is 12.4 Å². The average Bonchev–Trinajstić information content (AvgIpc) is 2.03. The molecule has 1 aromatic heterocycles. The summed E-state index contributed by atoms with van der Waals surface area (Å²) in [5.74, 6) is 0. The highest BCUT2D eigenvalue weighted by atomic mass is 35.5. The number of alkyl halides is 3. The summed E-state index contributed by atoms with van der Waals surface area (Å²) in [5, 5.41) is 0. The smallest absolute Gasteiger partial charge is 0.324 e. The molecule has 0 spiro atoms. The molecule has 2 nitrogen and oxygen atoms in total. The molecule has 0 radical (unpaired) electrons. The van der Waals surface area contributed by atoms with E-state index in [-0.39, 0.29) is 12.4 Å². The van der Waals surface area contributed by atoms with E-state index in [1.54, 1.807) is 6.92 Å². The summed E-state index contributed by atoms with van der Waals surface area (Å²) in [7, 11) is 0. The van der Waals surface area contributed by atoms with Crippen LogP contribution >= 0.6 is 12.4 Å². The molecule has 1 rings (SSSR count). The second-order valence-electron chi connectivity index (χ2n) is 2.76. The Balaban J connectivity index is 0.00000169. The molecule has 0 fully saturated rings. The Labute approximate surface area is 85.7 Å². The van der Waals surface area contributed by atoms with Crippen molar-refractivity contribution in [3.8, 4) is 0 Å². The molecule has 0 unspecified atom stereocenters. The Morgan fingerprint density at radius 1 is 1.43 bits per heavy atom. The Morgan fingerprint density at radius 2 is 2.00 bits per heavy atom. The third-order valence-corrected chi connectivity index (χ3v) is 1.60. The van der Waals surface area contributed by atoms with E-state index < -0.39 is 17.9 Å². The average molecular weight is 227 g/mol. The number of halogens is 4. The van der Waals surface area contributed by atoms with Gasteiger partial charge in [-0.25, -0.2) is 0 Å². The lowest BCUT2D eigenvalue weighted by molar-refractivity contribution is -0.141. The van der Waals surface area contributed by atoms with Gasteiger partial charge in [0.1, 0.15) is 5.69 Å². The van der Waals surface area contributed by atoms with Crippen LogP contribution in [0.4, 0.5) is 13.2 Å². The number of nitrogens with zero attached hydrogens (tertiary/aromatic N) is 1. The maximum Gasteiger partial charge on any atom is 0.433 e. The van der Waals surface area contributed by atoms with Gasteiger partial charge < -0.3 is 5.73 Å². The molecule has 1 heterocycles. The highest BCUT2D eigenvalue weighted by molar-refractivity contribution is 5.85. The van der Waals surface area contributed by atoms with E-state index in [1.165, 1.54) is 6.07 Å². The summed E-state index contributed by atoms with van der Waals surface area (Å²) in [6.45, 7) is 1.62. The molecule has 0 amide bonds. The summed E-state index contributed by atoms with van der Waals surface area (Å²) in [6, 6.07) is 2.02. The third-order valence-electron chi connectivity index (χ3n) is 1.60. The molecule has 80 valence electrons. The normalized spacial score (nSPS) is 13.2. The molecular weight excluding hydrogens is 217 g/mol. The quantitative estimate of drug-likeness (QED) is 0.799. The lowest BCUT2D eigenvalue weighted by Crippen LogP contribution is -2.11. The fourth-order valence-corrected chi connectivity index (χ4v) is 0.885. The topological polar surface area (TPSA) is 38.9 Å². The third kappa shape index (κ3) is 3.16. The van der Waals surface area contributed by atoms with Crippen molar-refractivity contribution in [1.82, 2.24) is 4.98 Å². The number of aromatic nitrogens is 1. The minimum atomic E-state index is -4.40. The van der Waals surface area contributed by atoms with Gasteiger partial charge in [0.15, 0.2) is 0 Å². The lowest BCUT2D eigenvalue weighted by Gasteiger charge is -2.09. The monoisotopic (exact) mass is 226 g/mol. The molecular formula is C8H10ClF3N2. The molecule has 0 aliphatic heterocycles. The van der Waals surface area contributed by atoms with Crippen LogP contribution in [0.2, 0.25) is 0 Å². The van der Waals surface area contributed by atoms with Gasteiger partial charge in [-0.2, -0.15) is 13.2 Å². The summed E-state index contributed by atoms with van der Waals surface area (Å²) < 4.78 is 36.4. The first-order valence-corrected chi connectivity index (χ1v) is 3.70. The number of hydrogen-bond acceptors (Lipinski definition) is 2. The summed E-state index contributed by atoms with van der Waals surface area (Å²) in [6.07, 6.45) is -3.29. The molecule has 0 aromatic carbocycles. The van der Waals surface area contributed by atoms with E-state index >= 15 is 0 Å². The molecule has 0 aliphatic rings. The highest BCUT2D eigenvalue weighted by Crippen LogP contribution is 2.28. The number of pyridine rings is 1. The van der Waals surface area contributed by atoms with Crippen molar-refractivity contribution < 1.29 is 13.2 Å². The zero-order chi connectivity index (χ0) is 10.1. The zero-order valence-electron chi connectivity index (χ0n) is 7.38. The maximum atomic E-state index is 12.1. The van der Waals surface area contributed by atoms with Crippen LogP contribution in [0.25, 0.3) is 0 Å². The highest BCUT2D eigenvalue weighted by Gasteiger charge is 2.32. The van der Waals surface area contributed by atoms with E-state index in [9.17, 15) is 13.2 Å². The first kappa shape index (κ1) is 13.2. The van der Waals surface area contributed by atoms with Gasteiger partial charge in [0.25, 0.3) is 0 Å². The second kappa shape index (κ2) is 4.61. The van der Waals surface area contributed by atoms with Crippen LogP contribution < -0.4 is 5.73 Å². The minimum Gasteiger partial charge on any atom is -0.324 e. The zero-order valence-corrected chi connectivity index (χ0v) is 8.19. The molecule has 0 saturated heterocycles. The van der Waals surface area contributed by atoms with Crippen molar-refractivity contribution in [3.05, 3.63) is 29.6 Å². The van der Waals surface area contributed by atoms with E-state index in [0.29, 0.717) is 5.56 Å². The second-order valence-corrected chi connectivity index (χ2v) is 2.76. The van der Waals surface area contributed by atoms with Crippen LogP contribution in [0, 0.1) is 0 Å². The molecule has 1 aromatic rings. The van der Waals surface area contributed by atoms with Crippen molar-refractivity contribution in [3.63, 3.8) is 0 Å². The van der Waals surface area contributed by atoms with E-state index in [1.807, 2.05) is 0 Å². The molecule has 6 heteroatoms. The fourth-order valence-electron chi connectivity index (χ4n) is 0.885. The fraction of sp³-hybridized carbons (Fsp3) is 0.375. The molecule has 0 saturated carbocycles. The number of hydrogen-bond donors (Lipinski definition) is 1. The van der Waals surface area contributed by atoms with Gasteiger partial charge in [0, 0.05) is 12.2 Å². The predicted molar refractivity (Wildman–Crippen MR) is 49.1 cm³/mol. The van der Waals surface area contributed by atoms with Crippen LogP contribution in [0.1, 0.15) is 24.2 Å². The van der Waals surface area contributed by atoms with Crippen LogP contribution in [-0.4, -0.2) is 4.98 Å². The van der Waals surface area contributed by atoms with Crippen LogP contribution in [0.5, 0.6) is 0 Å². The summed E-state index contributed by atoms with van der Waals surface area (Å²) in [5.41, 5.74) is 4.96. The van der Waals surface area contributed by atoms with E-state index in [4.69, 9.17) is 5.73 Å². The number of nitrogens with two attached hydrogens (primary N) is 1. The predicted octanol–water partition coefficient (Wildman–Crippen LogP) is 2.54. The lowest BCUT2D eigenvalue weighted by atomic mass is 10.1. The van der Waals surface area contributed by atoms with Crippen molar-refractivity contribution in [2.45, 2.75) is 19.1 Å². The van der Waals surface area contributed by atoms with Crippen molar-refractivity contribution in [1.29, 1.82) is 0 Å².